The van der Waals surface area contributed by atoms with Crippen LogP contribution in [0.1, 0.15) is 22.3 Å². The third-order valence-corrected chi connectivity index (χ3v) is 5.48. The molecule has 6 nitrogen and oxygen atoms in total. The summed E-state index contributed by atoms with van der Waals surface area (Å²) in [6.45, 7) is 0.625. The lowest BCUT2D eigenvalue weighted by Crippen LogP contribution is -2.22. The molecule has 0 bridgehead atoms. The third kappa shape index (κ3) is 7.46. The number of carbonyl (C=O) groups excluding carboxylic acids is 2. The van der Waals surface area contributed by atoms with Gasteiger partial charge in [-0.3, -0.25) is 9.59 Å². The lowest BCUT2D eigenvalue weighted by Gasteiger charge is -2.13. The number of benzene rings is 4. The highest BCUT2D eigenvalue weighted by Gasteiger charge is 2.09. The minimum absolute atomic E-state index is 0.0679. The predicted octanol–water partition coefficient (Wildman–Crippen LogP) is 6.00. The van der Waals surface area contributed by atoms with Crippen LogP contribution in [-0.2, 0) is 11.2 Å². The maximum Gasteiger partial charge on any atom is 0.255 e. The molecule has 0 aliphatic heterocycles. The van der Waals surface area contributed by atoms with Crippen molar-refractivity contribution in [2.45, 2.75) is 12.8 Å². The van der Waals surface area contributed by atoms with Gasteiger partial charge in [0.05, 0.1) is 18.8 Å². The van der Waals surface area contributed by atoms with Gasteiger partial charge in [-0.1, -0.05) is 66.7 Å². The average molecular weight is 480 g/mol. The number of hydrogen-bond donors (Lipinski definition) is 3. The van der Waals surface area contributed by atoms with E-state index in [0.717, 1.165) is 18.5 Å². The van der Waals surface area contributed by atoms with Gasteiger partial charge < -0.3 is 20.7 Å². The van der Waals surface area contributed by atoms with Crippen molar-refractivity contribution in [3.63, 3.8) is 0 Å². The fourth-order valence-electron chi connectivity index (χ4n) is 3.68. The van der Waals surface area contributed by atoms with Crippen molar-refractivity contribution < 1.29 is 14.3 Å². The van der Waals surface area contributed by atoms with E-state index in [0.29, 0.717) is 29.3 Å². The normalized spacial score (nSPS) is 10.3. The molecule has 4 aromatic rings. The maximum atomic E-state index is 12.6. The standard InChI is InChI=1S/C30H29N3O3/c34-29(22-31-25-16-9-17-26(21-25)32-30(35)24-14-5-2-6-15-24)33-27-18-7-8-19-28(27)36-20-10-13-23-11-3-1-4-12-23/h1-9,11-12,14-19,21,31H,10,13,20,22H2,(H,32,35)(H,33,34). The second kappa shape index (κ2) is 12.8. The first kappa shape index (κ1) is 24.5. The zero-order chi connectivity index (χ0) is 25.0. The van der Waals surface area contributed by atoms with Crippen molar-refractivity contribution in [2.75, 3.05) is 29.1 Å². The van der Waals surface area contributed by atoms with E-state index in [1.165, 1.54) is 5.56 Å². The van der Waals surface area contributed by atoms with Crippen LogP contribution in [0.25, 0.3) is 0 Å². The number of para-hydroxylation sites is 2. The van der Waals surface area contributed by atoms with Crippen molar-refractivity contribution >= 4 is 28.9 Å². The molecule has 3 N–H and O–H groups in total. The zero-order valence-electron chi connectivity index (χ0n) is 19.9. The molecule has 0 atom stereocenters. The monoisotopic (exact) mass is 479 g/mol. The van der Waals surface area contributed by atoms with E-state index < -0.39 is 0 Å². The summed E-state index contributed by atoms with van der Waals surface area (Å²) in [6, 6.07) is 34.0. The minimum atomic E-state index is -0.200. The summed E-state index contributed by atoms with van der Waals surface area (Å²) in [5.41, 5.74) is 3.85. The molecule has 0 aliphatic rings. The Balaban J connectivity index is 1.26. The van der Waals surface area contributed by atoms with Gasteiger partial charge >= 0.3 is 0 Å². The van der Waals surface area contributed by atoms with Crippen LogP contribution in [0, 0.1) is 0 Å². The van der Waals surface area contributed by atoms with Crippen LogP contribution in [0.2, 0.25) is 0 Å². The first-order chi connectivity index (χ1) is 17.7. The van der Waals surface area contributed by atoms with E-state index in [1.54, 1.807) is 24.3 Å². The Morgan fingerprint density at radius 1 is 0.694 bits per heavy atom. The van der Waals surface area contributed by atoms with E-state index in [-0.39, 0.29) is 18.4 Å². The van der Waals surface area contributed by atoms with Crippen molar-refractivity contribution in [3.8, 4) is 5.75 Å². The van der Waals surface area contributed by atoms with Gasteiger partial charge in [-0.25, -0.2) is 0 Å². The Morgan fingerprint density at radius 3 is 2.19 bits per heavy atom. The van der Waals surface area contributed by atoms with Crippen molar-refractivity contribution in [1.29, 1.82) is 0 Å². The van der Waals surface area contributed by atoms with E-state index in [4.69, 9.17) is 4.74 Å². The van der Waals surface area contributed by atoms with Gasteiger partial charge in [0.2, 0.25) is 5.91 Å². The van der Waals surface area contributed by atoms with Crippen molar-refractivity contribution in [2.24, 2.45) is 0 Å². The van der Waals surface area contributed by atoms with Crippen molar-refractivity contribution in [3.05, 3.63) is 120 Å². The highest BCUT2D eigenvalue weighted by Crippen LogP contribution is 2.24. The molecule has 0 fully saturated rings. The number of aryl methyl sites for hydroxylation is 1. The number of nitrogens with one attached hydrogen (secondary N) is 3. The zero-order valence-corrected chi connectivity index (χ0v) is 19.9. The fraction of sp³-hybridized carbons (Fsp3) is 0.133. The summed E-state index contributed by atoms with van der Waals surface area (Å²) in [5, 5.41) is 8.89. The second-order valence-corrected chi connectivity index (χ2v) is 8.24. The van der Waals surface area contributed by atoms with Crippen LogP contribution in [0.3, 0.4) is 0 Å². The topological polar surface area (TPSA) is 79.5 Å². The highest BCUT2D eigenvalue weighted by atomic mass is 16.5. The molecule has 0 aromatic heterocycles. The van der Waals surface area contributed by atoms with Gasteiger partial charge in [0.25, 0.3) is 5.91 Å². The van der Waals surface area contributed by atoms with Gasteiger partial charge in [-0.15, -0.1) is 0 Å². The largest absolute Gasteiger partial charge is 0.491 e. The highest BCUT2D eigenvalue weighted by molar-refractivity contribution is 6.04. The Labute approximate surface area is 211 Å². The summed E-state index contributed by atoms with van der Waals surface area (Å²) in [5.74, 6) is 0.254. The maximum absolute atomic E-state index is 12.6. The Kier molecular flexibility index (Phi) is 8.70. The molecular weight excluding hydrogens is 450 g/mol. The first-order valence-electron chi connectivity index (χ1n) is 11.9. The lowest BCUT2D eigenvalue weighted by molar-refractivity contribution is -0.114. The number of rotatable bonds is 11. The smallest absolute Gasteiger partial charge is 0.255 e. The summed E-state index contributed by atoms with van der Waals surface area (Å²) >= 11 is 0. The molecule has 36 heavy (non-hydrogen) atoms. The average Bonchev–Trinajstić information content (AvgIpc) is 2.92. The van der Waals surface area contributed by atoms with Gasteiger partial charge in [-0.2, -0.15) is 0 Å². The number of anilines is 3. The second-order valence-electron chi connectivity index (χ2n) is 8.24. The van der Waals surface area contributed by atoms with E-state index in [9.17, 15) is 9.59 Å². The third-order valence-electron chi connectivity index (χ3n) is 5.48. The molecule has 0 spiro atoms. The van der Waals surface area contributed by atoms with Gasteiger partial charge in [0, 0.05) is 16.9 Å². The van der Waals surface area contributed by atoms with Gasteiger partial charge in [0.1, 0.15) is 5.75 Å². The van der Waals surface area contributed by atoms with Crippen LogP contribution in [0.5, 0.6) is 5.75 Å². The van der Waals surface area contributed by atoms with Crippen molar-refractivity contribution in [1.82, 2.24) is 0 Å². The summed E-state index contributed by atoms with van der Waals surface area (Å²) < 4.78 is 5.94. The Morgan fingerprint density at radius 2 is 1.39 bits per heavy atom. The molecule has 182 valence electrons. The molecule has 2 amide bonds. The minimum Gasteiger partial charge on any atom is -0.491 e. The molecular formula is C30H29N3O3. The molecule has 4 aromatic carbocycles. The Bertz CT molecular complexity index is 1280. The molecule has 0 saturated heterocycles. The van der Waals surface area contributed by atoms with Crippen LogP contribution < -0.4 is 20.7 Å². The van der Waals surface area contributed by atoms with Gasteiger partial charge in [-0.05, 0) is 60.9 Å². The number of carbonyl (C=O) groups is 2. The van der Waals surface area contributed by atoms with Crippen LogP contribution in [-0.4, -0.2) is 25.0 Å². The molecule has 0 aliphatic carbocycles. The van der Waals surface area contributed by atoms with Gasteiger partial charge in [0.15, 0.2) is 0 Å². The quantitative estimate of drug-likeness (QED) is 0.231. The fourth-order valence-corrected chi connectivity index (χ4v) is 3.68. The Hall–Kier alpha value is -4.58. The summed E-state index contributed by atoms with van der Waals surface area (Å²) in [6.07, 6.45) is 1.81. The number of amides is 2. The van der Waals surface area contributed by atoms with E-state index >= 15 is 0 Å². The summed E-state index contributed by atoms with van der Waals surface area (Å²) in [4.78, 5) is 25.0. The molecule has 0 radical (unpaired) electrons. The van der Waals surface area contributed by atoms with Crippen LogP contribution in [0.4, 0.5) is 17.1 Å². The molecule has 0 saturated carbocycles. The molecule has 6 heteroatoms. The molecule has 4 rings (SSSR count). The number of hydrogen-bond acceptors (Lipinski definition) is 4. The van der Waals surface area contributed by atoms with Crippen LogP contribution >= 0.6 is 0 Å². The molecule has 0 unspecified atom stereocenters. The number of ether oxygens (including phenoxy) is 1. The molecule has 0 heterocycles. The SMILES string of the molecule is O=C(CNc1cccc(NC(=O)c2ccccc2)c1)Nc1ccccc1OCCCc1ccccc1. The van der Waals surface area contributed by atoms with Crippen LogP contribution in [0.15, 0.2) is 109 Å². The van der Waals surface area contributed by atoms with E-state index in [2.05, 4.69) is 28.1 Å². The first-order valence-corrected chi connectivity index (χ1v) is 11.9. The summed E-state index contributed by atoms with van der Waals surface area (Å²) in [7, 11) is 0. The van der Waals surface area contributed by atoms with E-state index in [1.807, 2.05) is 72.8 Å². The predicted molar refractivity (Wildman–Crippen MR) is 145 cm³/mol. The lowest BCUT2D eigenvalue weighted by atomic mass is 10.1.